The second-order valence-electron chi connectivity index (χ2n) is 5.57. The summed E-state index contributed by atoms with van der Waals surface area (Å²) >= 11 is 0. The number of methoxy groups -OCH3 is 1. The van der Waals surface area contributed by atoms with E-state index in [4.69, 9.17) is 14.6 Å². The summed E-state index contributed by atoms with van der Waals surface area (Å²) < 4.78 is 5.21. The summed E-state index contributed by atoms with van der Waals surface area (Å²) in [6.45, 7) is 1.08. The second kappa shape index (κ2) is 9.28. The maximum atomic E-state index is 9.00. The van der Waals surface area contributed by atoms with E-state index in [2.05, 4.69) is 66.7 Å². The maximum Gasteiger partial charge on any atom is 0.300 e. The molecule has 3 aromatic carbocycles. The van der Waals surface area contributed by atoms with Gasteiger partial charge in [-0.25, -0.2) is 0 Å². The summed E-state index contributed by atoms with van der Waals surface area (Å²) in [6.07, 6.45) is 0.926. The van der Waals surface area contributed by atoms with Crippen molar-refractivity contribution in [1.29, 1.82) is 0 Å². The fraction of sp³-hybridized carbons (Fsp3) is 0.136. The van der Waals surface area contributed by atoms with E-state index in [1.807, 2.05) is 12.1 Å². The van der Waals surface area contributed by atoms with Gasteiger partial charge < -0.3 is 9.84 Å². The average Bonchev–Trinajstić information content (AvgIpc) is 2.63. The minimum Gasteiger partial charge on any atom is -0.497 e. The molecule has 1 N–H and O–H groups in total. The van der Waals surface area contributed by atoms with Gasteiger partial charge in [-0.05, 0) is 40.8 Å². The molecule has 0 saturated heterocycles. The van der Waals surface area contributed by atoms with Gasteiger partial charge in [-0.2, -0.15) is 0 Å². The number of carboxylic acids is 1. The summed E-state index contributed by atoms with van der Waals surface area (Å²) in [5.41, 5.74) is 5.20. The van der Waals surface area contributed by atoms with Gasteiger partial charge in [0.25, 0.3) is 5.97 Å². The minimum absolute atomic E-state index is 0.833. The molecule has 0 aliphatic heterocycles. The molecule has 0 bridgehead atoms. The summed E-state index contributed by atoms with van der Waals surface area (Å²) in [7, 11) is 1.69. The smallest absolute Gasteiger partial charge is 0.300 e. The first kappa shape index (κ1) is 18.3. The molecule has 0 spiro atoms. The number of ether oxygens (including phenoxy) is 1. The van der Waals surface area contributed by atoms with Crippen LogP contribution in [-0.2, 0) is 11.2 Å². The number of carbonyl (C=O) groups is 1. The van der Waals surface area contributed by atoms with Gasteiger partial charge in [0, 0.05) is 6.92 Å². The third kappa shape index (κ3) is 5.81. The van der Waals surface area contributed by atoms with Gasteiger partial charge in [0.15, 0.2) is 0 Å². The van der Waals surface area contributed by atoms with Crippen LogP contribution in [0, 0.1) is 0 Å². The molecular weight excluding hydrogens is 312 g/mol. The van der Waals surface area contributed by atoms with E-state index in [9.17, 15) is 0 Å². The zero-order valence-electron chi connectivity index (χ0n) is 14.5. The Morgan fingerprint density at radius 2 is 1.44 bits per heavy atom. The van der Waals surface area contributed by atoms with Crippen LogP contribution in [0.4, 0.5) is 0 Å². The molecule has 3 nitrogen and oxygen atoms in total. The molecule has 0 aliphatic carbocycles. The van der Waals surface area contributed by atoms with Gasteiger partial charge in [-0.3, -0.25) is 4.79 Å². The summed E-state index contributed by atoms with van der Waals surface area (Å²) in [6, 6.07) is 27.4. The van der Waals surface area contributed by atoms with E-state index in [0.29, 0.717) is 0 Å². The van der Waals surface area contributed by atoms with Crippen LogP contribution in [0.15, 0.2) is 78.9 Å². The maximum absolute atomic E-state index is 9.00. The number of benzene rings is 3. The van der Waals surface area contributed by atoms with Crippen molar-refractivity contribution < 1.29 is 14.6 Å². The Bertz CT molecular complexity index is 789. The lowest BCUT2D eigenvalue weighted by molar-refractivity contribution is -0.134. The molecule has 25 heavy (non-hydrogen) atoms. The standard InChI is InChI=1S/C20H18O.C2H4O2/c1-21-19-13-11-16(12-14-19)15-18-9-5-6-10-20(18)17-7-3-2-4-8-17;1-2(3)4/h2-14H,15H2,1H3;1H3,(H,3,4). The minimum atomic E-state index is -0.833. The molecule has 0 unspecified atom stereocenters. The molecule has 0 atom stereocenters. The first-order valence-electron chi connectivity index (χ1n) is 8.06. The molecule has 3 heteroatoms. The lowest BCUT2D eigenvalue weighted by Gasteiger charge is -2.10. The Hall–Kier alpha value is -3.07. The molecule has 128 valence electrons. The van der Waals surface area contributed by atoms with Crippen molar-refractivity contribution in [2.75, 3.05) is 7.11 Å². The van der Waals surface area contributed by atoms with Crippen molar-refractivity contribution in [2.24, 2.45) is 0 Å². The van der Waals surface area contributed by atoms with Crippen LogP contribution in [0.1, 0.15) is 18.1 Å². The van der Waals surface area contributed by atoms with Gasteiger partial charge in [0.2, 0.25) is 0 Å². The van der Waals surface area contributed by atoms with Crippen LogP contribution >= 0.6 is 0 Å². The van der Waals surface area contributed by atoms with Gasteiger partial charge in [-0.15, -0.1) is 0 Å². The molecule has 0 heterocycles. The number of hydrogen-bond donors (Lipinski definition) is 1. The topological polar surface area (TPSA) is 46.5 Å². The fourth-order valence-corrected chi connectivity index (χ4v) is 2.54. The number of aliphatic carboxylic acids is 1. The highest BCUT2D eigenvalue weighted by Gasteiger charge is 2.05. The van der Waals surface area contributed by atoms with E-state index in [1.165, 1.54) is 22.3 Å². The molecule has 3 rings (SSSR count). The zero-order chi connectivity index (χ0) is 18.1. The SMILES string of the molecule is CC(=O)O.COc1ccc(Cc2ccccc2-c2ccccc2)cc1. The van der Waals surface area contributed by atoms with Crippen LogP contribution in [-0.4, -0.2) is 18.2 Å². The number of carboxylic acid groups (broad SMARTS) is 1. The molecule has 0 amide bonds. The Morgan fingerprint density at radius 3 is 2.04 bits per heavy atom. The van der Waals surface area contributed by atoms with Crippen molar-refractivity contribution in [3.05, 3.63) is 90.0 Å². The Balaban J connectivity index is 0.000000511. The second-order valence-corrected chi connectivity index (χ2v) is 5.57. The van der Waals surface area contributed by atoms with Crippen LogP contribution < -0.4 is 4.74 Å². The fourth-order valence-electron chi connectivity index (χ4n) is 2.54. The van der Waals surface area contributed by atoms with Crippen molar-refractivity contribution in [3.63, 3.8) is 0 Å². The van der Waals surface area contributed by atoms with E-state index in [-0.39, 0.29) is 0 Å². The van der Waals surface area contributed by atoms with Gasteiger partial charge in [0.05, 0.1) is 7.11 Å². The molecule has 3 aromatic rings. The number of hydrogen-bond acceptors (Lipinski definition) is 2. The predicted octanol–water partition coefficient (Wildman–Crippen LogP) is 5.04. The van der Waals surface area contributed by atoms with Crippen LogP contribution in [0.2, 0.25) is 0 Å². The monoisotopic (exact) mass is 334 g/mol. The number of rotatable bonds is 4. The highest BCUT2D eigenvalue weighted by molar-refractivity contribution is 5.67. The van der Waals surface area contributed by atoms with Gasteiger partial charge in [-0.1, -0.05) is 66.7 Å². The van der Waals surface area contributed by atoms with Crippen LogP contribution in [0.3, 0.4) is 0 Å². The summed E-state index contributed by atoms with van der Waals surface area (Å²) in [4.78, 5) is 9.00. The van der Waals surface area contributed by atoms with Crippen molar-refractivity contribution in [3.8, 4) is 16.9 Å². The molecule has 0 aliphatic rings. The van der Waals surface area contributed by atoms with Gasteiger partial charge >= 0.3 is 0 Å². The lowest BCUT2D eigenvalue weighted by Crippen LogP contribution is -1.92. The van der Waals surface area contributed by atoms with E-state index < -0.39 is 5.97 Å². The van der Waals surface area contributed by atoms with Gasteiger partial charge in [0.1, 0.15) is 5.75 Å². The van der Waals surface area contributed by atoms with Crippen molar-refractivity contribution in [2.45, 2.75) is 13.3 Å². The van der Waals surface area contributed by atoms with Crippen LogP contribution in [0.5, 0.6) is 5.75 Å². The normalized spacial score (nSPS) is 9.68. The van der Waals surface area contributed by atoms with Crippen LogP contribution in [0.25, 0.3) is 11.1 Å². The lowest BCUT2D eigenvalue weighted by atomic mass is 9.95. The first-order chi connectivity index (χ1) is 12.1. The quantitative estimate of drug-likeness (QED) is 0.727. The third-order valence-corrected chi connectivity index (χ3v) is 3.66. The Morgan fingerprint density at radius 1 is 0.880 bits per heavy atom. The largest absolute Gasteiger partial charge is 0.497 e. The molecule has 0 saturated carbocycles. The van der Waals surface area contributed by atoms with Crippen molar-refractivity contribution in [1.82, 2.24) is 0 Å². The summed E-state index contributed by atoms with van der Waals surface area (Å²) in [5, 5.41) is 7.42. The Labute approximate surface area is 148 Å². The molecule has 0 radical (unpaired) electrons. The van der Waals surface area contributed by atoms with E-state index >= 15 is 0 Å². The van der Waals surface area contributed by atoms with E-state index in [0.717, 1.165) is 19.1 Å². The zero-order valence-corrected chi connectivity index (χ0v) is 14.5. The molecule has 0 aromatic heterocycles. The highest BCUT2D eigenvalue weighted by Crippen LogP contribution is 2.26. The van der Waals surface area contributed by atoms with Crippen molar-refractivity contribution >= 4 is 5.97 Å². The van der Waals surface area contributed by atoms with E-state index in [1.54, 1.807) is 7.11 Å². The Kier molecular flexibility index (Phi) is 6.78. The third-order valence-electron chi connectivity index (χ3n) is 3.66. The highest BCUT2D eigenvalue weighted by atomic mass is 16.5. The summed E-state index contributed by atoms with van der Waals surface area (Å²) in [5.74, 6) is 0.0649. The first-order valence-corrected chi connectivity index (χ1v) is 8.06. The predicted molar refractivity (Wildman–Crippen MR) is 101 cm³/mol. The molecular formula is C22H22O3. The average molecular weight is 334 g/mol. The molecule has 0 fully saturated rings.